The van der Waals surface area contributed by atoms with Crippen molar-refractivity contribution in [3.63, 3.8) is 0 Å². The van der Waals surface area contributed by atoms with E-state index in [1.165, 1.54) is 0 Å². The number of carbonyl (C=O) groups is 1. The van der Waals surface area contributed by atoms with Crippen molar-refractivity contribution in [1.29, 1.82) is 0 Å². The lowest BCUT2D eigenvalue weighted by molar-refractivity contribution is 0.112. The number of likely N-dealkylation sites (N-methyl/N-ethyl adjacent to an activating group) is 1. The maximum absolute atomic E-state index is 10.7. The molecular formula is C14H19ClN2O2. The van der Waals surface area contributed by atoms with Gasteiger partial charge >= 0.3 is 0 Å². The van der Waals surface area contributed by atoms with E-state index in [-0.39, 0.29) is 12.1 Å². The van der Waals surface area contributed by atoms with E-state index in [0.29, 0.717) is 17.1 Å². The molecule has 0 saturated carbocycles. The summed E-state index contributed by atoms with van der Waals surface area (Å²) >= 11 is 6.24. The molecule has 1 N–H and O–H groups in total. The molecule has 0 spiro atoms. The van der Waals surface area contributed by atoms with Crippen molar-refractivity contribution in [2.24, 2.45) is 0 Å². The molecule has 5 heteroatoms. The maximum Gasteiger partial charge on any atom is 0.150 e. The number of β-amino-alcohol motifs (C(OH)–C–C–N with tert-alkyl or cyclic N) is 1. The first kappa shape index (κ1) is 14.3. The van der Waals surface area contributed by atoms with Crippen molar-refractivity contribution in [2.75, 3.05) is 32.1 Å². The summed E-state index contributed by atoms with van der Waals surface area (Å²) in [6.07, 6.45) is 1.20. The molecule has 104 valence electrons. The number of aliphatic hydroxyl groups excluding tert-OH is 1. The van der Waals surface area contributed by atoms with E-state index < -0.39 is 0 Å². The third-order valence-electron chi connectivity index (χ3n) is 3.39. The molecule has 0 aliphatic carbocycles. The van der Waals surface area contributed by atoms with Crippen LogP contribution >= 0.6 is 11.6 Å². The molecule has 4 nitrogen and oxygen atoms in total. The zero-order valence-corrected chi connectivity index (χ0v) is 12.0. The summed E-state index contributed by atoms with van der Waals surface area (Å²) in [7, 11) is 4.03. The summed E-state index contributed by atoms with van der Waals surface area (Å²) in [5, 5.41) is 10.4. The van der Waals surface area contributed by atoms with Crippen LogP contribution in [0.25, 0.3) is 0 Å². The average Bonchev–Trinajstić information content (AvgIpc) is 2.69. The summed E-state index contributed by atoms with van der Waals surface area (Å²) < 4.78 is 0. The van der Waals surface area contributed by atoms with Crippen LogP contribution < -0.4 is 4.90 Å². The largest absolute Gasteiger partial charge is 0.391 e. The van der Waals surface area contributed by atoms with Gasteiger partial charge in [-0.25, -0.2) is 0 Å². The lowest BCUT2D eigenvalue weighted by Crippen LogP contribution is -2.37. The first-order valence-electron chi connectivity index (χ1n) is 6.35. The molecule has 19 heavy (non-hydrogen) atoms. The van der Waals surface area contributed by atoms with Gasteiger partial charge in [-0.3, -0.25) is 4.79 Å². The second-order valence-electron chi connectivity index (χ2n) is 5.29. The van der Waals surface area contributed by atoms with E-state index in [9.17, 15) is 9.90 Å². The Morgan fingerprint density at radius 1 is 1.53 bits per heavy atom. The monoisotopic (exact) mass is 282 g/mol. The van der Waals surface area contributed by atoms with E-state index >= 15 is 0 Å². The summed E-state index contributed by atoms with van der Waals surface area (Å²) in [6, 6.07) is 5.52. The number of aldehydes is 1. The van der Waals surface area contributed by atoms with E-state index in [0.717, 1.165) is 24.9 Å². The highest BCUT2D eigenvalue weighted by Gasteiger charge is 2.32. The van der Waals surface area contributed by atoms with Crippen LogP contribution in [0.1, 0.15) is 16.8 Å². The zero-order chi connectivity index (χ0) is 14.0. The lowest BCUT2D eigenvalue weighted by atomic mass is 10.1. The van der Waals surface area contributed by atoms with Crippen LogP contribution in [-0.4, -0.2) is 55.6 Å². The van der Waals surface area contributed by atoms with Gasteiger partial charge in [0.05, 0.1) is 16.8 Å². The van der Waals surface area contributed by atoms with Gasteiger partial charge in [-0.1, -0.05) is 11.6 Å². The van der Waals surface area contributed by atoms with Crippen LogP contribution in [0.15, 0.2) is 18.2 Å². The molecule has 1 aromatic rings. The number of aliphatic hydroxyl groups is 1. The Balaban J connectivity index is 2.25. The molecular weight excluding hydrogens is 264 g/mol. The maximum atomic E-state index is 10.7. The van der Waals surface area contributed by atoms with E-state index in [2.05, 4.69) is 9.80 Å². The van der Waals surface area contributed by atoms with Crippen LogP contribution in [0, 0.1) is 0 Å². The topological polar surface area (TPSA) is 43.8 Å². The van der Waals surface area contributed by atoms with Gasteiger partial charge in [0.25, 0.3) is 0 Å². The normalized spacial score (nSPS) is 23.1. The van der Waals surface area contributed by atoms with E-state index in [1.54, 1.807) is 12.1 Å². The first-order chi connectivity index (χ1) is 9.01. The smallest absolute Gasteiger partial charge is 0.150 e. The van der Waals surface area contributed by atoms with Crippen molar-refractivity contribution < 1.29 is 9.90 Å². The number of hydrogen-bond acceptors (Lipinski definition) is 4. The van der Waals surface area contributed by atoms with Crippen LogP contribution in [0.4, 0.5) is 5.69 Å². The predicted octanol–water partition coefficient (Wildman–Crippen LogP) is 1.65. The highest BCUT2D eigenvalue weighted by Crippen LogP contribution is 2.32. The summed E-state index contributed by atoms with van der Waals surface area (Å²) in [5.41, 5.74) is 1.45. The SMILES string of the molecule is CN(C)CC1CC(O)CN1c1ccc(C=O)cc1Cl. The van der Waals surface area contributed by atoms with Gasteiger partial charge < -0.3 is 14.9 Å². The molecule has 1 fully saturated rings. The molecule has 1 heterocycles. The number of hydrogen-bond donors (Lipinski definition) is 1. The number of carbonyl (C=O) groups excluding carboxylic acids is 1. The molecule has 1 aromatic carbocycles. The highest BCUT2D eigenvalue weighted by molar-refractivity contribution is 6.33. The van der Waals surface area contributed by atoms with Crippen LogP contribution in [0.5, 0.6) is 0 Å². The van der Waals surface area contributed by atoms with Crippen molar-refractivity contribution >= 4 is 23.6 Å². The Morgan fingerprint density at radius 2 is 2.26 bits per heavy atom. The van der Waals surface area contributed by atoms with Crippen molar-refractivity contribution in [3.05, 3.63) is 28.8 Å². The minimum Gasteiger partial charge on any atom is -0.391 e. The minimum atomic E-state index is -0.327. The molecule has 2 unspecified atom stereocenters. The van der Waals surface area contributed by atoms with Crippen molar-refractivity contribution in [3.8, 4) is 0 Å². The molecule has 1 aliphatic rings. The molecule has 2 rings (SSSR count). The molecule has 0 bridgehead atoms. The summed E-state index contributed by atoms with van der Waals surface area (Å²) in [5.74, 6) is 0. The van der Waals surface area contributed by atoms with Crippen LogP contribution in [-0.2, 0) is 0 Å². The van der Waals surface area contributed by atoms with Gasteiger partial charge in [0.1, 0.15) is 6.29 Å². The van der Waals surface area contributed by atoms with Crippen molar-refractivity contribution in [2.45, 2.75) is 18.6 Å². The van der Waals surface area contributed by atoms with Crippen molar-refractivity contribution in [1.82, 2.24) is 4.90 Å². The Bertz CT molecular complexity index is 465. The molecule has 0 amide bonds. The molecule has 0 radical (unpaired) electrons. The molecule has 0 aromatic heterocycles. The lowest BCUT2D eigenvalue weighted by Gasteiger charge is -2.29. The number of nitrogens with zero attached hydrogens (tertiary/aromatic N) is 2. The first-order valence-corrected chi connectivity index (χ1v) is 6.73. The van der Waals surface area contributed by atoms with Gasteiger partial charge in [0.15, 0.2) is 0 Å². The average molecular weight is 283 g/mol. The van der Waals surface area contributed by atoms with E-state index in [1.807, 2.05) is 20.2 Å². The zero-order valence-electron chi connectivity index (χ0n) is 11.2. The molecule has 2 atom stereocenters. The second kappa shape index (κ2) is 5.90. The fourth-order valence-electron chi connectivity index (χ4n) is 2.61. The fraction of sp³-hybridized carbons (Fsp3) is 0.500. The predicted molar refractivity (Wildman–Crippen MR) is 77.2 cm³/mol. The third-order valence-corrected chi connectivity index (χ3v) is 3.69. The van der Waals surface area contributed by atoms with Gasteiger partial charge in [0.2, 0.25) is 0 Å². The fourth-order valence-corrected chi connectivity index (χ4v) is 2.91. The Hall–Kier alpha value is -1.10. The number of benzene rings is 1. The van der Waals surface area contributed by atoms with Crippen LogP contribution in [0.2, 0.25) is 5.02 Å². The van der Waals surface area contributed by atoms with E-state index in [4.69, 9.17) is 11.6 Å². The number of halogens is 1. The summed E-state index contributed by atoms with van der Waals surface area (Å²) in [6.45, 7) is 1.45. The van der Waals surface area contributed by atoms with Gasteiger partial charge in [-0.15, -0.1) is 0 Å². The Morgan fingerprint density at radius 3 is 2.84 bits per heavy atom. The number of rotatable bonds is 4. The molecule has 1 aliphatic heterocycles. The quantitative estimate of drug-likeness (QED) is 0.853. The highest BCUT2D eigenvalue weighted by atomic mass is 35.5. The van der Waals surface area contributed by atoms with Crippen LogP contribution in [0.3, 0.4) is 0 Å². The summed E-state index contributed by atoms with van der Waals surface area (Å²) in [4.78, 5) is 15.0. The third kappa shape index (κ3) is 3.26. The standard InChI is InChI=1S/C14H19ClN2O2/c1-16(2)7-11-6-12(19)8-17(11)14-4-3-10(9-18)5-13(14)15/h3-5,9,11-12,19H,6-8H2,1-2H3. The Kier molecular flexibility index (Phi) is 4.45. The van der Waals surface area contributed by atoms with Gasteiger partial charge in [-0.2, -0.15) is 0 Å². The number of anilines is 1. The van der Waals surface area contributed by atoms with Gasteiger partial charge in [0, 0.05) is 24.7 Å². The Labute approximate surface area is 118 Å². The minimum absolute atomic E-state index is 0.240. The molecule has 1 saturated heterocycles. The second-order valence-corrected chi connectivity index (χ2v) is 5.69. The van der Waals surface area contributed by atoms with Gasteiger partial charge in [-0.05, 0) is 38.7 Å².